The Morgan fingerprint density at radius 1 is 1.41 bits per heavy atom. The van der Waals surface area contributed by atoms with E-state index in [2.05, 4.69) is 40.3 Å². The molecule has 0 aliphatic heterocycles. The van der Waals surface area contributed by atoms with E-state index in [1.165, 1.54) is 12.7 Å². The summed E-state index contributed by atoms with van der Waals surface area (Å²) in [5.41, 5.74) is 1.17. The van der Waals surface area contributed by atoms with Crippen LogP contribution in [0.1, 0.15) is 31.9 Å². The highest BCUT2D eigenvalue weighted by atomic mass is 79.9. The highest BCUT2D eigenvalue weighted by Crippen LogP contribution is 2.20. The predicted octanol–water partition coefficient (Wildman–Crippen LogP) is 3.05. The molecular formula is C13H18BrNO2. The molecule has 4 heteroatoms. The summed E-state index contributed by atoms with van der Waals surface area (Å²) in [5.74, 6) is -0.236. The molecule has 2 atom stereocenters. The first-order chi connectivity index (χ1) is 8.08. The lowest BCUT2D eigenvalue weighted by atomic mass is 10.0. The molecule has 0 amide bonds. The molecule has 1 rings (SSSR count). The number of benzene rings is 1. The quantitative estimate of drug-likeness (QED) is 0.849. The van der Waals surface area contributed by atoms with Crippen LogP contribution in [0, 0.1) is 0 Å². The van der Waals surface area contributed by atoms with Crippen molar-refractivity contribution in [1.29, 1.82) is 0 Å². The second-order valence-corrected chi connectivity index (χ2v) is 4.84. The van der Waals surface area contributed by atoms with Crippen molar-refractivity contribution >= 4 is 21.9 Å². The molecule has 0 saturated carbocycles. The zero-order chi connectivity index (χ0) is 12.8. The number of carbonyl (C=O) groups excluding carboxylic acids is 1. The maximum Gasteiger partial charge on any atom is 0.322 e. The number of rotatable bonds is 5. The molecule has 0 aliphatic rings. The number of halogens is 1. The topological polar surface area (TPSA) is 38.3 Å². The van der Waals surface area contributed by atoms with Crippen molar-refractivity contribution in [3.05, 3.63) is 34.3 Å². The molecule has 0 aliphatic carbocycles. The van der Waals surface area contributed by atoms with E-state index in [-0.39, 0.29) is 18.1 Å². The zero-order valence-corrected chi connectivity index (χ0v) is 12.0. The number of nitrogens with one attached hydrogen (secondary N) is 1. The van der Waals surface area contributed by atoms with Gasteiger partial charge in [-0.1, -0.05) is 35.0 Å². The monoisotopic (exact) mass is 299 g/mol. The Bertz CT molecular complexity index is 364. The Balaban J connectivity index is 2.71. The van der Waals surface area contributed by atoms with E-state index >= 15 is 0 Å². The normalized spacial score (nSPS) is 14.1. The van der Waals surface area contributed by atoms with Gasteiger partial charge in [0.05, 0.1) is 7.11 Å². The van der Waals surface area contributed by atoms with E-state index in [0.717, 1.165) is 10.9 Å². The zero-order valence-electron chi connectivity index (χ0n) is 10.4. The number of esters is 1. The van der Waals surface area contributed by atoms with Crippen LogP contribution in [0.5, 0.6) is 0 Å². The van der Waals surface area contributed by atoms with Gasteiger partial charge >= 0.3 is 5.97 Å². The van der Waals surface area contributed by atoms with Gasteiger partial charge < -0.3 is 4.74 Å². The first-order valence-corrected chi connectivity index (χ1v) is 6.47. The highest BCUT2D eigenvalue weighted by molar-refractivity contribution is 9.10. The van der Waals surface area contributed by atoms with Crippen LogP contribution in [0.25, 0.3) is 0 Å². The second-order valence-electron chi connectivity index (χ2n) is 3.92. The van der Waals surface area contributed by atoms with Crippen LogP contribution in [0.15, 0.2) is 28.7 Å². The van der Waals surface area contributed by atoms with Gasteiger partial charge in [0.1, 0.15) is 6.04 Å². The van der Waals surface area contributed by atoms with Gasteiger partial charge in [-0.15, -0.1) is 0 Å². The lowest BCUT2D eigenvalue weighted by Crippen LogP contribution is -2.37. The lowest BCUT2D eigenvalue weighted by Gasteiger charge is -2.21. The van der Waals surface area contributed by atoms with Gasteiger partial charge in [-0.05, 0) is 31.0 Å². The summed E-state index contributed by atoms with van der Waals surface area (Å²) in [6.07, 6.45) is 0.920. The molecule has 3 nitrogen and oxygen atoms in total. The van der Waals surface area contributed by atoms with Gasteiger partial charge in [-0.2, -0.15) is 0 Å². The minimum absolute atomic E-state index is 0.164. The van der Waals surface area contributed by atoms with Crippen LogP contribution in [-0.2, 0) is 9.53 Å². The third-order valence-corrected chi connectivity index (χ3v) is 3.22. The maximum absolute atomic E-state index is 11.4. The molecular weight excluding hydrogens is 282 g/mol. The van der Waals surface area contributed by atoms with Crippen LogP contribution in [0.4, 0.5) is 0 Å². The average Bonchev–Trinajstić information content (AvgIpc) is 2.35. The van der Waals surface area contributed by atoms with Crippen LogP contribution in [-0.4, -0.2) is 19.1 Å². The molecule has 1 aromatic rings. The summed E-state index contributed by atoms with van der Waals surface area (Å²) < 4.78 is 5.76. The molecule has 0 radical (unpaired) electrons. The molecule has 0 bridgehead atoms. The van der Waals surface area contributed by atoms with Gasteiger partial charge in [0.25, 0.3) is 0 Å². The second kappa shape index (κ2) is 6.77. The first kappa shape index (κ1) is 14.2. The van der Waals surface area contributed by atoms with Gasteiger partial charge in [0, 0.05) is 10.5 Å². The van der Waals surface area contributed by atoms with Gasteiger partial charge in [-0.25, -0.2) is 0 Å². The fourth-order valence-electron chi connectivity index (χ4n) is 1.69. The van der Waals surface area contributed by atoms with Crippen molar-refractivity contribution < 1.29 is 9.53 Å². The van der Waals surface area contributed by atoms with Gasteiger partial charge in [-0.3, -0.25) is 10.1 Å². The summed E-state index contributed by atoms with van der Waals surface area (Å²) in [4.78, 5) is 11.4. The minimum Gasteiger partial charge on any atom is -0.468 e. The Hall–Kier alpha value is -0.870. The molecule has 94 valence electrons. The molecule has 0 fully saturated rings. The van der Waals surface area contributed by atoms with E-state index < -0.39 is 0 Å². The molecule has 1 aromatic carbocycles. The van der Waals surface area contributed by atoms with E-state index in [0.29, 0.717) is 0 Å². The number of carbonyl (C=O) groups is 1. The summed E-state index contributed by atoms with van der Waals surface area (Å²) in [6, 6.07) is 7.97. The molecule has 1 unspecified atom stereocenters. The smallest absolute Gasteiger partial charge is 0.322 e. The van der Waals surface area contributed by atoms with Crippen molar-refractivity contribution in [2.45, 2.75) is 32.4 Å². The molecule has 0 spiro atoms. The fourth-order valence-corrected chi connectivity index (χ4v) is 1.96. The largest absolute Gasteiger partial charge is 0.468 e. The Morgan fingerprint density at radius 2 is 2.00 bits per heavy atom. The lowest BCUT2D eigenvalue weighted by molar-refractivity contribution is -0.142. The standard InChI is InChI=1S/C13H18BrNO2/c1-4-12(15-9(2)13(16)17-3)10-5-7-11(14)8-6-10/h5-9,12,15H,4H2,1-3H3/t9-,12?/m0/s1. The summed E-state index contributed by atoms with van der Waals surface area (Å²) >= 11 is 3.41. The third-order valence-electron chi connectivity index (χ3n) is 2.69. The number of hydrogen-bond acceptors (Lipinski definition) is 3. The van der Waals surface area contributed by atoms with Crippen LogP contribution in [0.3, 0.4) is 0 Å². The van der Waals surface area contributed by atoms with Crippen molar-refractivity contribution in [1.82, 2.24) is 5.32 Å². The van der Waals surface area contributed by atoms with E-state index in [4.69, 9.17) is 4.74 Å². The van der Waals surface area contributed by atoms with E-state index in [1.807, 2.05) is 19.1 Å². The number of methoxy groups -OCH3 is 1. The van der Waals surface area contributed by atoms with Crippen molar-refractivity contribution in [2.24, 2.45) is 0 Å². The van der Waals surface area contributed by atoms with Crippen LogP contribution in [0.2, 0.25) is 0 Å². The van der Waals surface area contributed by atoms with Crippen molar-refractivity contribution in [3.63, 3.8) is 0 Å². The van der Waals surface area contributed by atoms with Gasteiger partial charge in [0.15, 0.2) is 0 Å². The Kier molecular flexibility index (Phi) is 5.65. The number of ether oxygens (including phenoxy) is 1. The van der Waals surface area contributed by atoms with Crippen molar-refractivity contribution in [3.8, 4) is 0 Å². The SMILES string of the molecule is CCC(N[C@@H](C)C(=O)OC)c1ccc(Br)cc1. The molecule has 0 saturated heterocycles. The van der Waals surface area contributed by atoms with Gasteiger partial charge in [0.2, 0.25) is 0 Å². The third kappa shape index (κ3) is 4.13. The van der Waals surface area contributed by atoms with E-state index in [1.54, 1.807) is 0 Å². The summed E-state index contributed by atoms with van der Waals surface area (Å²) in [5, 5.41) is 3.26. The summed E-state index contributed by atoms with van der Waals surface area (Å²) in [6.45, 7) is 3.90. The Morgan fingerprint density at radius 3 is 2.47 bits per heavy atom. The van der Waals surface area contributed by atoms with Crippen LogP contribution < -0.4 is 5.32 Å². The molecule has 1 N–H and O–H groups in total. The minimum atomic E-state index is -0.298. The highest BCUT2D eigenvalue weighted by Gasteiger charge is 2.18. The fraction of sp³-hybridized carbons (Fsp3) is 0.462. The van der Waals surface area contributed by atoms with E-state index in [9.17, 15) is 4.79 Å². The van der Waals surface area contributed by atoms with Crippen molar-refractivity contribution in [2.75, 3.05) is 7.11 Å². The molecule has 0 aromatic heterocycles. The molecule has 17 heavy (non-hydrogen) atoms. The van der Waals surface area contributed by atoms with Crippen LogP contribution >= 0.6 is 15.9 Å². The average molecular weight is 300 g/mol. The first-order valence-electron chi connectivity index (χ1n) is 5.67. The maximum atomic E-state index is 11.4. The molecule has 0 heterocycles. The summed E-state index contributed by atoms with van der Waals surface area (Å²) in [7, 11) is 1.40. The predicted molar refractivity (Wildman–Crippen MR) is 71.8 cm³/mol. The number of hydrogen-bond donors (Lipinski definition) is 1. The Labute approximate surface area is 111 Å².